The molecule has 420 valence electrons. The molecule has 0 aromatic rings. The zero-order valence-electron chi connectivity index (χ0n) is 48.3. The van der Waals surface area contributed by atoms with Gasteiger partial charge in [0.05, 0.1) is 0 Å². The second kappa shape index (κ2) is 60.7. The number of esters is 3. The van der Waals surface area contributed by atoms with E-state index in [-0.39, 0.29) is 31.1 Å². The summed E-state index contributed by atoms with van der Waals surface area (Å²) in [5.74, 6) is -0.855. The van der Waals surface area contributed by atoms with E-state index >= 15 is 0 Å². The zero-order valence-corrected chi connectivity index (χ0v) is 48.3. The number of rotatable bonds is 60. The average molecular weight is 1000 g/mol. The van der Waals surface area contributed by atoms with Gasteiger partial charge < -0.3 is 14.2 Å². The highest BCUT2D eigenvalue weighted by atomic mass is 16.6. The smallest absolute Gasteiger partial charge is 0.306 e. The van der Waals surface area contributed by atoms with Crippen LogP contribution in [0.1, 0.15) is 367 Å². The van der Waals surface area contributed by atoms with Crippen LogP contribution in [-0.2, 0) is 28.6 Å². The average Bonchev–Trinajstić information content (AvgIpc) is 3.37. The summed E-state index contributed by atoms with van der Waals surface area (Å²) in [5, 5.41) is 0. The van der Waals surface area contributed by atoms with Gasteiger partial charge in [0.1, 0.15) is 13.2 Å². The van der Waals surface area contributed by atoms with Crippen LogP contribution in [0.3, 0.4) is 0 Å². The van der Waals surface area contributed by atoms with Gasteiger partial charge in [0.2, 0.25) is 0 Å². The van der Waals surface area contributed by atoms with E-state index in [4.69, 9.17) is 14.2 Å². The molecular formula is C65H124O6. The lowest BCUT2D eigenvalue weighted by Gasteiger charge is -2.18. The van der Waals surface area contributed by atoms with E-state index in [0.29, 0.717) is 19.3 Å². The van der Waals surface area contributed by atoms with Crippen molar-refractivity contribution in [1.29, 1.82) is 0 Å². The minimum absolute atomic E-state index is 0.0669. The first-order chi connectivity index (χ1) is 35.0. The summed E-state index contributed by atoms with van der Waals surface area (Å²) in [5.41, 5.74) is 0. The van der Waals surface area contributed by atoms with Crippen LogP contribution in [0, 0.1) is 0 Å². The quantitative estimate of drug-likeness (QED) is 0.0261. The second-order valence-corrected chi connectivity index (χ2v) is 22.0. The molecule has 0 bridgehead atoms. The zero-order chi connectivity index (χ0) is 51.4. The maximum Gasteiger partial charge on any atom is 0.306 e. The van der Waals surface area contributed by atoms with Gasteiger partial charge in [-0.05, 0) is 38.5 Å². The standard InChI is InChI=1S/C65H124O6/c1-4-7-10-13-16-19-22-24-25-26-27-28-29-30-31-32-33-34-35-36-37-38-39-40-41-42-44-46-49-52-55-58-64(67)70-61-62(60-69-63(66)57-54-51-48-45-21-18-15-12-9-6-3)71-65(68)59-56-53-50-47-43-23-20-17-14-11-8-5-2/h12,15,62H,4-11,13-14,16-61H2,1-3H3/b15-12-. The van der Waals surface area contributed by atoms with Crippen LogP contribution in [0.4, 0.5) is 0 Å². The fourth-order valence-corrected chi connectivity index (χ4v) is 9.92. The van der Waals surface area contributed by atoms with Gasteiger partial charge in [0, 0.05) is 19.3 Å². The number of ether oxygens (including phenoxy) is 3. The lowest BCUT2D eigenvalue weighted by atomic mass is 10.0. The summed E-state index contributed by atoms with van der Waals surface area (Å²) in [4.78, 5) is 38.1. The number of carbonyl (C=O) groups excluding carboxylic acids is 3. The molecule has 0 spiro atoms. The van der Waals surface area contributed by atoms with Crippen LogP contribution in [0.25, 0.3) is 0 Å². The van der Waals surface area contributed by atoms with Crippen molar-refractivity contribution in [2.45, 2.75) is 374 Å². The second-order valence-electron chi connectivity index (χ2n) is 22.0. The summed E-state index contributed by atoms with van der Waals surface area (Å²) in [6, 6.07) is 0. The van der Waals surface area contributed by atoms with Crippen LogP contribution in [0.5, 0.6) is 0 Å². The molecule has 0 aliphatic carbocycles. The Hall–Kier alpha value is -1.85. The lowest BCUT2D eigenvalue weighted by molar-refractivity contribution is -0.167. The van der Waals surface area contributed by atoms with Crippen molar-refractivity contribution >= 4 is 17.9 Å². The molecule has 0 aliphatic rings. The molecule has 1 unspecified atom stereocenters. The molecule has 0 fully saturated rings. The molecule has 0 N–H and O–H groups in total. The Morgan fingerprint density at radius 3 is 0.761 bits per heavy atom. The molecule has 0 aromatic heterocycles. The number of unbranched alkanes of at least 4 members (excludes halogenated alkanes) is 47. The number of carbonyl (C=O) groups is 3. The molecule has 0 amide bonds. The van der Waals surface area contributed by atoms with Gasteiger partial charge in [0.25, 0.3) is 0 Å². The highest BCUT2D eigenvalue weighted by Gasteiger charge is 2.19. The Bertz CT molecular complexity index is 1100. The third kappa shape index (κ3) is 58.9. The van der Waals surface area contributed by atoms with E-state index in [1.165, 1.54) is 257 Å². The minimum atomic E-state index is -0.767. The molecule has 0 aliphatic heterocycles. The summed E-state index contributed by atoms with van der Waals surface area (Å²) >= 11 is 0. The van der Waals surface area contributed by atoms with Crippen molar-refractivity contribution in [1.82, 2.24) is 0 Å². The fourth-order valence-electron chi connectivity index (χ4n) is 9.92. The Morgan fingerprint density at radius 1 is 0.268 bits per heavy atom. The largest absolute Gasteiger partial charge is 0.462 e. The van der Waals surface area contributed by atoms with E-state index in [1.807, 2.05) is 0 Å². The maximum absolute atomic E-state index is 12.8. The number of hydrogen-bond donors (Lipinski definition) is 0. The van der Waals surface area contributed by atoms with Crippen LogP contribution in [0.15, 0.2) is 12.2 Å². The SMILES string of the molecule is CCC/C=C\CCCCCCCC(=O)OCC(COC(=O)CCCCCCCCCCCCCCCCCCCCCCCCCCCCCCCCC)OC(=O)CCCCCCCCCCCCCC. The molecule has 0 heterocycles. The summed E-state index contributed by atoms with van der Waals surface area (Å²) in [6.07, 6.45) is 71.2. The Kier molecular flexibility index (Phi) is 59.1. The molecule has 71 heavy (non-hydrogen) atoms. The first-order valence-corrected chi connectivity index (χ1v) is 32.2. The van der Waals surface area contributed by atoms with Gasteiger partial charge in [-0.15, -0.1) is 0 Å². The van der Waals surface area contributed by atoms with E-state index in [0.717, 1.165) is 70.6 Å². The van der Waals surface area contributed by atoms with E-state index in [2.05, 4.69) is 32.9 Å². The monoisotopic (exact) mass is 1000 g/mol. The highest BCUT2D eigenvalue weighted by Crippen LogP contribution is 2.18. The molecule has 0 aromatic carbocycles. The van der Waals surface area contributed by atoms with Gasteiger partial charge >= 0.3 is 17.9 Å². The summed E-state index contributed by atoms with van der Waals surface area (Å²) in [7, 11) is 0. The predicted octanol–water partition coefficient (Wildman–Crippen LogP) is 21.7. The molecule has 0 radical (unpaired) electrons. The summed E-state index contributed by atoms with van der Waals surface area (Å²) in [6.45, 7) is 6.63. The van der Waals surface area contributed by atoms with Gasteiger partial charge in [-0.3, -0.25) is 14.4 Å². The molecule has 0 saturated carbocycles. The van der Waals surface area contributed by atoms with Crippen molar-refractivity contribution in [2.24, 2.45) is 0 Å². The molecular weight excluding hydrogens is 877 g/mol. The van der Waals surface area contributed by atoms with Crippen LogP contribution in [-0.4, -0.2) is 37.2 Å². The number of hydrogen-bond acceptors (Lipinski definition) is 6. The van der Waals surface area contributed by atoms with Gasteiger partial charge in [-0.1, -0.05) is 322 Å². The fraction of sp³-hybridized carbons (Fsp3) is 0.923. The van der Waals surface area contributed by atoms with E-state index < -0.39 is 6.10 Å². The third-order valence-electron chi connectivity index (χ3n) is 14.8. The van der Waals surface area contributed by atoms with Crippen molar-refractivity contribution < 1.29 is 28.6 Å². The van der Waals surface area contributed by atoms with Crippen molar-refractivity contribution in [3.8, 4) is 0 Å². The third-order valence-corrected chi connectivity index (χ3v) is 14.8. The van der Waals surface area contributed by atoms with Gasteiger partial charge in [-0.2, -0.15) is 0 Å². The Labute approximate surface area is 443 Å². The first kappa shape index (κ1) is 69.2. The first-order valence-electron chi connectivity index (χ1n) is 32.2. The Morgan fingerprint density at radius 2 is 0.493 bits per heavy atom. The lowest BCUT2D eigenvalue weighted by Crippen LogP contribution is -2.30. The van der Waals surface area contributed by atoms with E-state index in [1.54, 1.807) is 0 Å². The molecule has 6 heteroatoms. The molecule has 0 rings (SSSR count). The molecule has 1 atom stereocenters. The van der Waals surface area contributed by atoms with E-state index in [9.17, 15) is 14.4 Å². The van der Waals surface area contributed by atoms with Crippen LogP contribution in [0.2, 0.25) is 0 Å². The minimum Gasteiger partial charge on any atom is -0.462 e. The van der Waals surface area contributed by atoms with Gasteiger partial charge in [0.15, 0.2) is 6.10 Å². The highest BCUT2D eigenvalue weighted by molar-refractivity contribution is 5.71. The van der Waals surface area contributed by atoms with Crippen molar-refractivity contribution in [3.05, 3.63) is 12.2 Å². The van der Waals surface area contributed by atoms with Crippen molar-refractivity contribution in [3.63, 3.8) is 0 Å². The number of allylic oxidation sites excluding steroid dienone is 2. The van der Waals surface area contributed by atoms with Crippen LogP contribution < -0.4 is 0 Å². The van der Waals surface area contributed by atoms with Crippen molar-refractivity contribution in [2.75, 3.05) is 13.2 Å². The topological polar surface area (TPSA) is 78.9 Å². The van der Waals surface area contributed by atoms with Crippen LogP contribution >= 0.6 is 0 Å². The Balaban J connectivity index is 3.98. The molecule has 0 saturated heterocycles. The normalized spacial score (nSPS) is 12.0. The maximum atomic E-state index is 12.8. The summed E-state index contributed by atoms with van der Waals surface area (Å²) < 4.78 is 16.8. The molecule has 6 nitrogen and oxygen atoms in total. The predicted molar refractivity (Wildman–Crippen MR) is 307 cm³/mol. The van der Waals surface area contributed by atoms with Gasteiger partial charge in [-0.25, -0.2) is 0 Å².